The minimum Gasteiger partial charge on any atom is -0.354 e. The molecule has 2 aromatic heterocycles. The Bertz CT molecular complexity index is 739. The van der Waals surface area contributed by atoms with Crippen molar-refractivity contribution in [3.05, 3.63) is 35.6 Å². The second-order valence-corrected chi connectivity index (χ2v) is 4.60. The molecule has 0 spiro atoms. The molecule has 3 aromatic rings. The zero-order chi connectivity index (χ0) is 13.9. The van der Waals surface area contributed by atoms with Crippen LogP contribution in [-0.2, 0) is 0 Å². The van der Waals surface area contributed by atoms with E-state index in [1.807, 2.05) is 31.2 Å². The van der Waals surface area contributed by atoms with Gasteiger partial charge in [0.1, 0.15) is 5.52 Å². The number of benzene rings is 1. The molecule has 0 fully saturated rings. The molecule has 0 unspecified atom stereocenters. The zero-order valence-corrected chi connectivity index (χ0v) is 11.6. The first-order valence-corrected chi connectivity index (χ1v) is 6.61. The summed E-state index contributed by atoms with van der Waals surface area (Å²) in [5, 5.41) is 6.97. The van der Waals surface area contributed by atoms with Crippen LogP contribution in [-0.4, -0.2) is 26.5 Å². The maximum absolute atomic E-state index is 5.98. The van der Waals surface area contributed by atoms with Crippen LogP contribution >= 0.6 is 11.6 Å². The van der Waals surface area contributed by atoms with Gasteiger partial charge >= 0.3 is 0 Å². The number of aromatic amines is 1. The standard InChI is InChI=1S/C13H13ClN6/c1-2-15-13-19-11-10(16-7-17-11)12(20-13)18-9-5-3-4-8(14)6-9/h3-7H,2H2,1H3,(H3,15,16,17,18,19,20). The van der Waals surface area contributed by atoms with Gasteiger partial charge in [-0.05, 0) is 25.1 Å². The van der Waals surface area contributed by atoms with Crippen LogP contribution in [0, 0.1) is 0 Å². The number of H-pyrrole nitrogens is 1. The molecular weight excluding hydrogens is 276 g/mol. The lowest BCUT2D eigenvalue weighted by Crippen LogP contribution is -2.05. The van der Waals surface area contributed by atoms with Gasteiger partial charge in [-0.2, -0.15) is 9.97 Å². The fraction of sp³-hybridized carbons (Fsp3) is 0.154. The van der Waals surface area contributed by atoms with Crippen LogP contribution < -0.4 is 10.6 Å². The Balaban J connectivity index is 2.02. The number of nitrogens with one attached hydrogen (secondary N) is 3. The molecule has 3 N–H and O–H groups in total. The number of nitrogens with zero attached hydrogens (tertiary/aromatic N) is 3. The summed E-state index contributed by atoms with van der Waals surface area (Å²) in [6, 6.07) is 7.45. The van der Waals surface area contributed by atoms with Crippen LogP contribution in [0.15, 0.2) is 30.6 Å². The van der Waals surface area contributed by atoms with Crippen molar-refractivity contribution in [2.75, 3.05) is 17.2 Å². The summed E-state index contributed by atoms with van der Waals surface area (Å²) in [7, 11) is 0. The largest absolute Gasteiger partial charge is 0.354 e. The Morgan fingerprint density at radius 2 is 2.20 bits per heavy atom. The topological polar surface area (TPSA) is 78.5 Å². The smallest absolute Gasteiger partial charge is 0.226 e. The molecule has 0 saturated carbocycles. The highest BCUT2D eigenvalue weighted by molar-refractivity contribution is 6.30. The number of imidazole rings is 1. The van der Waals surface area contributed by atoms with Crippen LogP contribution in [0.5, 0.6) is 0 Å². The number of halogens is 1. The first-order valence-electron chi connectivity index (χ1n) is 6.24. The molecule has 102 valence electrons. The van der Waals surface area contributed by atoms with Gasteiger partial charge in [0.05, 0.1) is 6.33 Å². The predicted octanol–water partition coefficient (Wildman–Crippen LogP) is 3.18. The SMILES string of the molecule is CCNc1nc(Nc2cccc(Cl)c2)c2[nH]cnc2n1. The molecule has 6 nitrogen and oxygen atoms in total. The number of aromatic nitrogens is 4. The number of anilines is 3. The van der Waals surface area contributed by atoms with E-state index in [2.05, 4.69) is 30.6 Å². The third-order valence-corrected chi connectivity index (χ3v) is 2.94. The molecule has 0 radical (unpaired) electrons. The van der Waals surface area contributed by atoms with Gasteiger partial charge < -0.3 is 15.6 Å². The van der Waals surface area contributed by atoms with E-state index in [4.69, 9.17) is 11.6 Å². The quantitative estimate of drug-likeness (QED) is 0.687. The summed E-state index contributed by atoms with van der Waals surface area (Å²) in [6.07, 6.45) is 1.60. The van der Waals surface area contributed by atoms with Crippen LogP contribution in [0.1, 0.15) is 6.92 Å². The monoisotopic (exact) mass is 288 g/mol. The lowest BCUT2D eigenvalue weighted by molar-refractivity contribution is 1.10. The second kappa shape index (κ2) is 5.34. The van der Waals surface area contributed by atoms with E-state index in [0.717, 1.165) is 17.7 Å². The van der Waals surface area contributed by atoms with Gasteiger partial charge in [0.15, 0.2) is 11.5 Å². The van der Waals surface area contributed by atoms with Gasteiger partial charge in [-0.1, -0.05) is 17.7 Å². The Hall–Kier alpha value is -2.34. The van der Waals surface area contributed by atoms with Crippen molar-refractivity contribution < 1.29 is 0 Å². The fourth-order valence-corrected chi connectivity index (χ4v) is 2.05. The van der Waals surface area contributed by atoms with E-state index in [1.165, 1.54) is 0 Å². The van der Waals surface area contributed by atoms with Crippen molar-refractivity contribution in [2.45, 2.75) is 6.92 Å². The highest BCUT2D eigenvalue weighted by Gasteiger charge is 2.09. The third-order valence-electron chi connectivity index (χ3n) is 2.71. The average molecular weight is 289 g/mol. The van der Waals surface area contributed by atoms with Crippen LogP contribution in [0.4, 0.5) is 17.5 Å². The second-order valence-electron chi connectivity index (χ2n) is 4.16. The lowest BCUT2D eigenvalue weighted by atomic mass is 10.3. The van der Waals surface area contributed by atoms with Gasteiger partial charge in [-0.15, -0.1) is 0 Å². The molecule has 7 heteroatoms. The first-order chi connectivity index (χ1) is 9.76. The molecule has 1 aromatic carbocycles. The number of hydrogen-bond donors (Lipinski definition) is 3. The minimum absolute atomic E-state index is 0.539. The van der Waals surface area contributed by atoms with Gasteiger partial charge in [0.25, 0.3) is 0 Å². The van der Waals surface area contributed by atoms with Crippen LogP contribution in [0.2, 0.25) is 5.02 Å². The summed E-state index contributed by atoms with van der Waals surface area (Å²) in [4.78, 5) is 16.0. The average Bonchev–Trinajstić information content (AvgIpc) is 2.87. The summed E-state index contributed by atoms with van der Waals surface area (Å²) < 4.78 is 0. The molecule has 0 aliphatic rings. The first kappa shape index (κ1) is 12.7. The van der Waals surface area contributed by atoms with Gasteiger partial charge in [0, 0.05) is 17.3 Å². The van der Waals surface area contributed by atoms with Gasteiger partial charge in [-0.25, -0.2) is 4.98 Å². The van der Waals surface area contributed by atoms with Crippen molar-refractivity contribution in [1.82, 2.24) is 19.9 Å². The molecule has 3 rings (SSSR count). The van der Waals surface area contributed by atoms with E-state index in [1.54, 1.807) is 6.33 Å². The molecular formula is C13H13ClN6. The Labute approximate surface area is 120 Å². The predicted molar refractivity (Wildman–Crippen MR) is 80.6 cm³/mol. The Morgan fingerprint density at radius 3 is 3.00 bits per heavy atom. The fourth-order valence-electron chi connectivity index (χ4n) is 1.86. The molecule has 0 aliphatic heterocycles. The van der Waals surface area contributed by atoms with Gasteiger partial charge in [-0.3, -0.25) is 0 Å². The maximum atomic E-state index is 5.98. The third kappa shape index (κ3) is 2.50. The summed E-state index contributed by atoms with van der Waals surface area (Å²) in [5.74, 6) is 1.20. The summed E-state index contributed by atoms with van der Waals surface area (Å²) >= 11 is 5.98. The molecule has 0 amide bonds. The molecule has 0 bridgehead atoms. The van der Waals surface area contributed by atoms with E-state index < -0.39 is 0 Å². The molecule has 2 heterocycles. The van der Waals surface area contributed by atoms with Crippen molar-refractivity contribution in [3.63, 3.8) is 0 Å². The van der Waals surface area contributed by atoms with Gasteiger partial charge in [0.2, 0.25) is 5.95 Å². The zero-order valence-electron chi connectivity index (χ0n) is 10.8. The van der Waals surface area contributed by atoms with Crippen LogP contribution in [0.3, 0.4) is 0 Å². The van der Waals surface area contributed by atoms with E-state index in [9.17, 15) is 0 Å². The highest BCUT2D eigenvalue weighted by atomic mass is 35.5. The highest BCUT2D eigenvalue weighted by Crippen LogP contribution is 2.24. The molecule has 0 saturated heterocycles. The number of rotatable bonds is 4. The Kier molecular flexibility index (Phi) is 3.39. The molecule has 0 atom stereocenters. The van der Waals surface area contributed by atoms with E-state index in [-0.39, 0.29) is 0 Å². The van der Waals surface area contributed by atoms with Crippen molar-refractivity contribution in [1.29, 1.82) is 0 Å². The lowest BCUT2D eigenvalue weighted by Gasteiger charge is -2.09. The number of fused-ring (bicyclic) bond motifs is 1. The maximum Gasteiger partial charge on any atom is 0.226 e. The van der Waals surface area contributed by atoms with Crippen molar-refractivity contribution >= 4 is 40.2 Å². The normalized spacial score (nSPS) is 10.7. The summed E-state index contributed by atoms with van der Waals surface area (Å²) in [5.41, 5.74) is 2.22. The minimum atomic E-state index is 0.539. The molecule has 20 heavy (non-hydrogen) atoms. The summed E-state index contributed by atoms with van der Waals surface area (Å²) in [6.45, 7) is 2.73. The number of hydrogen-bond acceptors (Lipinski definition) is 5. The molecule has 0 aliphatic carbocycles. The van der Waals surface area contributed by atoms with Crippen molar-refractivity contribution in [2.24, 2.45) is 0 Å². The van der Waals surface area contributed by atoms with E-state index in [0.29, 0.717) is 22.4 Å². The van der Waals surface area contributed by atoms with Crippen molar-refractivity contribution in [3.8, 4) is 0 Å². The van der Waals surface area contributed by atoms with Crippen LogP contribution in [0.25, 0.3) is 11.2 Å². The van der Waals surface area contributed by atoms with E-state index >= 15 is 0 Å². The Morgan fingerprint density at radius 1 is 1.30 bits per heavy atom.